The summed E-state index contributed by atoms with van der Waals surface area (Å²) in [6, 6.07) is 9.93. The average molecular weight is 292 g/mol. The minimum Gasteiger partial charge on any atom is -0.396 e. The number of benzene rings is 1. The molecule has 4 nitrogen and oxygen atoms in total. The molecule has 21 heavy (non-hydrogen) atoms. The third-order valence-electron chi connectivity index (χ3n) is 3.83. The first kappa shape index (κ1) is 16.2. The lowest BCUT2D eigenvalue weighted by atomic mass is 9.96. The molecule has 1 fully saturated rings. The summed E-state index contributed by atoms with van der Waals surface area (Å²) in [5.41, 5.74) is 1.09. The van der Waals surface area contributed by atoms with Crippen molar-refractivity contribution in [2.45, 2.75) is 50.3 Å². The van der Waals surface area contributed by atoms with E-state index in [1.165, 1.54) is 0 Å². The lowest BCUT2D eigenvalue weighted by Crippen LogP contribution is -2.44. The summed E-state index contributed by atoms with van der Waals surface area (Å²) < 4.78 is 11.8. The molecule has 0 aromatic heterocycles. The molecule has 0 radical (unpaired) electrons. The predicted octanol–water partition coefficient (Wildman–Crippen LogP) is 2.05. The van der Waals surface area contributed by atoms with E-state index >= 15 is 0 Å². The first-order chi connectivity index (χ1) is 10.2. The van der Waals surface area contributed by atoms with Gasteiger partial charge in [0.15, 0.2) is 0 Å². The van der Waals surface area contributed by atoms with Crippen molar-refractivity contribution >= 4 is 0 Å². The number of hydrogen-bond acceptors (Lipinski definition) is 4. The fourth-order valence-corrected chi connectivity index (χ4v) is 2.63. The van der Waals surface area contributed by atoms with Gasteiger partial charge in [0.05, 0.1) is 24.9 Å². The predicted molar refractivity (Wildman–Crippen MR) is 80.8 cm³/mol. The molecule has 0 aliphatic carbocycles. The van der Waals surface area contributed by atoms with Crippen LogP contribution in [-0.2, 0) is 16.1 Å². The van der Waals surface area contributed by atoms with E-state index < -0.39 is 6.10 Å². The Morgan fingerprint density at radius 3 is 2.76 bits per heavy atom. The van der Waals surface area contributed by atoms with Crippen molar-refractivity contribution in [3.8, 4) is 0 Å². The van der Waals surface area contributed by atoms with Crippen LogP contribution >= 0.6 is 0 Å². The molecule has 1 aliphatic heterocycles. The number of rotatable bonds is 7. The molecule has 2 rings (SSSR count). The SMILES string of the molecule is C=C[C@@H]1O[C@H]([C@H](CCO)OCc2ccccc2)CC[C@H]1O. The Bertz CT molecular complexity index is 420. The molecular formula is C17H24O4. The lowest BCUT2D eigenvalue weighted by Gasteiger charge is -2.36. The van der Waals surface area contributed by atoms with Crippen molar-refractivity contribution in [3.63, 3.8) is 0 Å². The van der Waals surface area contributed by atoms with Crippen molar-refractivity contribution < 1.29 is 19.7 Å². The molecular weight excluding hydrogens is 268 g/mol. The van der Waals surface area contributed by atoms with E-state index in [1.807, 2.05) is 30.3 Å². The van der Waals surface area contributed by atoms with Crippen molar-refractivity contribution in [2.24, 2.45) is 0 Å². The van der Waals surface area contributed by atoms with E-state index in [0.29, 0.717) is 19.4 Å². The summed E-state index contributed by atoms with van der Waals surface area (Å²) in [6.45, 7) is 4.24. The maximum absolute atomic E-state index is 9.82. The minimum absolute atomic E-state index is 0.0562. The quantitative estimate of drug-likeness (QED) is 0.755. The van der Waals surface area contributed by atoms with Crippen molar-refractivity contribution in [1.29, 1.82) is 0 Å². The highest BCUT2D eigenvalue weighted by Gasteiger charge is 2.33. The molecule has 4 atom stereocenters. The van der Waals surface area contributed by atoms with Crippen LogP contribution in [0.25, 0.3) is 0 Å². The molecule has 1 aromatic carbocycles. The van der Waals surface area contributed by atoms with Crippen molar-refractivity contribution in [2.75, 3.05) is 6.61 Å². The van der Waals surface area contributed by atoms with Crippen LogP contribution < -0.4 is 0 Å². The van der Waals surface area contributed by atoms with Crippen LogP contribution in [-0.4, -0.2) is 41.2 Å². The first-order valence-electron chi connectivity index (χ1n) is 7.47. The number of aliphatic hydroxyl groups excluding tert-OH is 2. The molecule has 0 saturated carbocycles. The van der Waals surface area contributed by atoms with Crippen molar-refractivity contribution in [1.82, 2.24) is 0 Å². The monoisotopic (exact) mass is 292 g/mol. The summed E-state index contributed by atoms with van der Waals surface area (Å²) in [7, 11) is 0. The summed E-state index contributed by atoms with van der Waals surface area (Å²) in [5.74, 6) is 0. The largest absolute Gasteiger partial charge is 0.396 e. The van der Waals surface area contributed by atoms with E-state index in [4.69, 9.17) is 9.47 Å². The normalized spacial score (nSPS) is 27.2. The zero-order valence-electron chi connectivity index (χ0n) is 12.2. The van der Waals surface area contributed by atoms with Gasteiger partial charge in [-0.05, 0) is 24.8 Å². The molecule has 0 amide bonds. The van der Waals surface area contributed by atoms with Crippen LogP contribution in [0.4, 0.5) is 0 Å². The summed E-state index contributed by atoms with van der Waals surface area (Å²) in [5, 5.41) is 19.1. The number of aliphatic hydroxyl groups is 2. The Labute approximate surface area is 126 Å². The van der Waals surface area contributed by atoms with Gasteiger partial charge in [-0.15, -0.1) is 6.58 Å². The Balaban J connectivity index is 1.93. The van der Waals surface area contributed by atoms with Gasteiger partial charge >= 0.3 is 0 Å². The molecule has 0 bridgehead atoms. The second kappa shape index (κ2) is 8.29. The molecule has 2 N–H and O–H groups in total. The highest BCUT2D eigenvalue weighted by molar-refractivity contribution is 5.13. The molecule has 116 valence electrons. The van der Waals surface area contributed by atoms with Crippen LogP contribution in [0.2, 0.25) is 0 Å². The smallest absolute Gasteiger partial charge is 0.102 e. The molecule has 1 heterocycles. The van der Waals surface area contributed by atoms with Gasteiger partial charge in [0, 0.05) is 6.61 Å². The molecule has 0 unspecified atom stereocenters. The second-order valence-electron chi connectivity index (χ2n) is 5.37. The summed E-state index contributed by atoms with van der Waals surface area (Å²) in [4.78, 5) is 0. The minimum atomic E-state index is -0.498. The van der Waals surface area contributed by atoms with Crippen molar-refractivity contribution in [3.05, 3.63) is 48.6 Å². The molecule has 1 aliphatic rings. The van der Waals surface area contributed by atoms with E-state index in [0.717, 1.165) is 12.0 Å². The topological polar surface area (TPSA) is 58.9 Å². The Morgan fingerprint density at radius 2 is 2.10 bits per heavy atom. The van der Waals surface area contributed by atoms with Gasteiger partial charge in [0.1, 0.15) is 6.10 Å². The highest BCUT2D eigenvalue weighted by Crippen LogP contribution is 2.25. The third-order valence-corrected chi connectivity index (χ3v) is 3.83. The van der Waals surface area contributed by atoms with E-state index in [-0.39, 0.29) is 24.9 Å². The maximum atomic E-state index is 9.82. The second-order valence-corrected chi connectivity index (χ2v) is 5.37. The fourth-order valence-electron chi connectivity index (χ4n) is 2.63. The van der Waals surface area contributed by atoms with Gasteiger partial charge in [0.2, 0.25) is 0 Å². The highest BCUT2D eigenvalue weighted by atomic mass is 16.6. The Kier molecular flexibility index (Phi) is 6.39. The fraction of sp³-hybridized carbons (Fsp3) is 0.529. The van der Waals surface area contributed by atoms with Crippen LogP contribution in [0.5, 0.6) is 0 Å². The Hall–Kier alpha value is -1.20. The van der Waals surface area contributed by atoms with E-state index in [2.05, 4.69) is 6.58 Å². The van der Waals surface area contributed by atoms with Gasteiger partial charge in [-0.2, -0.15) is 0 Å². The summed E-state index contributed by atoms with van der Waals surface area (Å²) >= 11 is 0. The van der Waals surface area contributed by atoms with Gasteiger partial charge in [-0.1, -0.05) is 36.4 Å². The number of ether oxygens (including phenoxy) is 2. The van der Waals surface area contributed by atoms with Crippen LogP contribution in [0.1, 0.15) is 24.8 Å². The maximum Gasteiger partial charge on any atom is 0.102 e. The molecule has 1 aromatic rings. The van der Waals surface area contributed by atoms with Gasteiger partial charge in [0.25, 0.3) is 0 Å². The third kappa shape index (κ3) is 4.64. The standard InChI is InChI=1S/C17H24O4/c1-2-15-14(19)8-9-17(21-15)16(10-11-18)20-12-13-6-4-3-5-7-13/h2-7,14-19H,1,8-12H2/t14-,15+,16+,17+/m1/s1. The molecule has 4 heteroatoms. The van der Waals surface area contributed by atoms with E-state index in [9.17, 15) is 10.2 Å². The van der Waals surface area contributed by atoms with E-state index in [1.54, 1.807) is 6.08 Å². The van der Waals surface area contributed by atoms with Gasteiger partial charge in [-0.25, -0.2) is 0 Å². The first-order valence-corrected chi connectivity index (χ1v) is 7.47. The van der Waals surface area contributed by atoms with Gasteiger partial charge < -0.3 is 19.7 Å². The molecule has 1 saturated heterocycles. The summed E-state index contributed by atoms with van der Waals surface area (Å²) in [6.07, 6.45) is 2.40. The molecule has 0 spiro atoms. The zero-order chi connectivity index (χ0) is 15.1. The van der Waals surface area contributed by atoms with Crippen LogP contribution in [0, 0.1) is 0 Å². The Morgan fingerprint density at radius 1 is 1.33 bits per heavy atom. The van der Waals surface area contributed by atoms with Crippen LogP contribution in [0.3, 0.4) is 0 Å². The van der Waals surface area contributed by atoms with Gasteiger partial charge in [-0.3, -0.25) is 0 Å². The number of hydrogen-bond donors (Lipinski definition) is 2. The zero-order valence-corrected chi connectivity index (χ0v) is 12.2. The lowest BCUT2D eigenvalue weighted by molar-refractivity contribution is -0.154. The van der Waals surface area contributed by atoms with Crippen LogP contribution in [0.15, 0.2) is 43.0 Å². The average Bonchev–Trinajstić information content (AvgIpc) is 2.53.